The summed E-state index contributed by atoms with van der Waals surface area (Å²) in [6, 6.07) is 26.8. The Morgan fingerprint density at radius 2 is 1.00 bits per heavy atom. The maximum absolute atomic E-state index is 5.61. The molecule has 0 aliphatic carbocycles. The second-order valence-corrected chi connectivity index (χ2v) is 4.04. The molecule has 2 N–H and O–H groups in total. The van der Waals surface area contributed by atoms with Crippen LogP contribution in [0.4, 0.5) is 0 Å². The molecule has 0 heterocycles. The molecule has 0 aromatic heterocycles. The topological polar surface area (TPSA) is 26.0 Å². The normalized spacial score (nSPS) is 9.61. The summed E-state index contributed by atoms with van der Waals surface area (Å²) in [6.07, 6.45) is 0. The van der Waals surface area contributed by atoms with Gasteiger partial charge in [-0.15, -0.1) is 0 Å². The molecular weight excluding hydrogens is 218 g/mol. The van der Waals surface area contributed by atoms with Gasteiger partial charge in [0, 0.05) is 6.54 Å². The van der Waals surface area contributed by atoms with Crippen LogP contribution in [-0.4, -0.2) is 0 Å². The van der Waals surface area contributed by atoms with Gasteiger partial charge >= 0.3 is 0 Å². The molecule has 0 radical (unpaired) electrons. The second kappa shape index (κ2) is 6.58. The molecule has 0 saturated carbocycles. The molecule has 0 bridgehead atoms. The van der Waals surface area contributed by atoms with E-state index in [2.05, 4.69) is 36.4 Å². The average molecular weight is 235 g/mol. The fraction of sp³-hybridized carbons (Fsp3) is 0.0588. The van der Waals surface area contributed by atoms with E-state index >= 15 is 0 Å². The van der Waals surface area contributed by atoms with Gasteiger partial charge < -0.3 is 5.73 Å². The van der Waals surface area contributed by atoms with E-state index in [0.717, 1.165) is 5.56 Å². The lowest BCUT2D eigenvalue weighted by atomic mass is 10.1. The summed E-state index contributed by atoms with van der Waals surface area (Å²) in [5.74, 6) is 0. The summed E-state index contributed by atoms with van der Waals surface area (Å²) in [6.45, 7) is 0.586. The summed E-state index contributed by atoms with van der Waals surface area (Å²) in [5.41, 5.74) is 9.15. The monoisotopic (exact) mass is 235 g/mol. The predicted molar refractivity (Wildman–Crippen MR) is 77.4 cm³/mol. The summed E-state index contributed by atoms with van der Waals surface area (Å²) in [4.78, 5) is 0. The molecule has 2 aromatic carbocycles. The molecule has 18 heavy (non-hydrogen) atoms. The molecule has 0 saturated heterocycles. The third-order valence-electron chi connectivity index (χ3n) is 2.74. The molecule has 0 amide bonds. The first-order valence-electron chi connectivity index (χ1n) is 6.08. The highest BCUT2D eigenvalue weighted by molar-refractivity contribution is 5.62. The summed E-state index contributed by atoms with van der Waals surface area (Å²) >= 11 is 0. The number of rotatable bonds is 2. The number of nitrogens with two attached hydrogens (primary N) is 1. The molecule has 0 aliphatic heterocycles. The van der Waals surface area contributed by atoms with E-state index in [-0.39, 0.29) is 0 Å². The summed E-state index contributed by atoms with van der Waals surface area (Å²) in [5, 5.41) is 0. The van der Waals surface area contributed by atoms with Crippen molar-refractivity contribution in [2.75, 3.05) is 0 Å². The van der Waals surface area contributed by atoms with E-state index in [1.165, 1.54) is 11.1 Å². The lowest BCUT2D eigenvalue weighted by Gasteiger charge is -2.01. The Morgan fingerprint density at radius 1 is 0.556 bits per heavy atom. The van der Waals surface area contributed by atoms with E-state index in [4.69, 9.17) is 5.73 Å². The van der Waals surface area contributed by atoms with Crippen molar-refractivity contribution in [2.45, 2.75) is 6.54 Å². The lowest BCUT2D eigenvalue weighted by molar-refractivity contribution is 1.07. The van der Waals surface area contributed by atoms with Crippen molar-refractivity contribution in [2.24, 2.45) is 5.73 Å². The molecule has 2 aromatic rings. The van der Waals surface area contributed by atoms with Crippen LogP contribution in [0.25, 0.3) is 11.1 Å². The molecular formula is C17H17N. The highest BCUT2D eigenvalue weighted by Crippen LogP contribution is 2.17. The largest absolute Gasteiger partial charge is 0.326 e. The number of benzene rings is 1. The SMILES string of the molecule is NCc1ccc(-c2ccccccccc2)cc1. The van der Waals surface area contributed by atoms with E-state index < -0.39 is 0 Å². The lowest BCUT2D eigenvalue weighted by Crippen LogP contribution is -1.94. The third-order valence-corrected chi connectivity index (χ3v) is 2.74. The van der Waals surface area contributed by atoms with Crippen LogP contribution in [0.1, 0.15) is 5.56 Å². The predicted octanol–water partition coefficient (Wildman–Crippen LogP) is 3.94. The summed E-state index contributed by atoms with van der Waals surface area (Å²) < 4.78 is 0. The van der Waals surface area contributed by atoms with Crippen molar-refractivity contribution in [3.8, 4) is 11.1 Å². The van der Waals surface area contributed by atoms with Crippen LogP contribution in [0.15, 0.2) is 78.9 Å². The molecule has 1 heteroatoms. The van der Waals surface area contributed by atoms with Crippen molar-refractivity contribution in [1.82, 2.24) is 0 Å². The first kappa shape index (κ1) is 12.3. The maximum Gasteiger partial charge on any atom is 0.0178 e. The molecule has 2 rings (SSSR count). The van der Waals surface area contributed by atoms with Crippen LogP contribution >= 0.6 is 0 Å². The fourth-order valence-electron chi connectivity index (χ4n) is 1.72. The number of hydrogen-bond acceptors (Lipinski definition) is 1. The van der Waals surface area contributed by atoms with Crippen LogP contribution in [0, 0.1) is 0 Å². The van der Waals surface area contributed by atoms with Crippen molar-refractivity contribution >= 4 is 0 Å². The molecule has 1 nitrogen and oxygen atoms in total. The highest BCUT2D eigenvalue weighted by atomic mass is 14.5. The zero-order valence-electron chi connectivity index (χ0n) is 10.3. The van der Waals surface area contributed by atoms with Gasteiger partial charge in [-0.3, -0.25) is 0 Å². The van der Waals surface area contributed by atoms with Gasteiger partial charge in [0.15, 0.2) is 0 Å². The second-order valence-electron chi connectivity index (χ2n) is 4.04. The molecule has 0 spiro atoms. The van der Waals surface area contributed by atoms with Crippen LogP contribution in [0.5, 0.6) is 0 Å². The molecule has 0 unspecified atom stereocenters. The fourth-order valence-corrected chi connectivity index (χ4v) is 1.72. The zero-order valence-corrected chi connectivity index (χ0v) is 10.3. The van der Waals surface area contributed by atoms with E-state index in [0.29, 0.717) is 6.54 Å². The standard InChI is InChI=1S/C17H17N/c18-14-15-10-12-17(13-11-15)16-8-6-4-2-1-3-5-7-9-16/h1-13H,14,18H2. The van der Waals surface area contributed by atoms with E-state index in [1.54, 1.807) is 0 Å². The number of hydrogen-bond donors (Lipinski definition) is 1. The summed E-state index contributed by atoms with van der Waals surface area (Å²) in [7, 11) is 0. The zero-order chi connectivity index (χ0) is 12.6. The van der Waals surface area contributed by atoms with Crippen LogP contribution in [0.2, 0.25) is 0 Å². The van der Waals surface area contributed by atoms with Crippen LogP contribution in [0.3, 0.4) is 0 Å². The van der Waals surface area contributed by atoms with Gasteiger partial charge in [0.05, 0.1) is 0 Å². The quantitative estimate of drug-likeness (QED) is 0.838. The molecule has 90 valence electrons. The van der Waals surface area contributed by atoms with Crippen LogP contribution < -0.4 is 5.73 Å². The Bertz CT molecular complexity index is 518. The Morgan fingerprint density at radius 3 is 1.50 bits per heavy atom. The van der Waals surface area contributed by atoms with Gasteiger partial charge in [-0.2, -0.15) is 0 Å². The third kappa shape index (κ3) is 3.44. The van der Waals surface area contributed by atoms with Crippen molar-refractivity contribution in [3.05, 3.63) is 84.4 Å². The Kier molecular flexibility index (Phi) is 4.51. The van der Waals surface area contributed by atoms with Gasteiger partial charge in [-0.1, -0.05) is 78.9 Å². The Balaban J connectivity index is 2.42. The van der Waals surface area contributed by atoms with Crippen LogP contribution in [-0.2, 0) is 6.54 Å². The van der Waals surface area contributed by atoms with Crippen molar-refractivity contribution in [3.63, 3.8) is 0 Å². The Labute approximate surface area is 108 Å². The van der Waals surface area contributed by atoms with Gasteiger partial charge in [-0.25, -0.2) is 0 Å². The Hall–Kier alpha value is -2.12. The molecule has 0 fully saturated rings. The van der Waals surface area contributed by atoms with Crippen molar-refractivity contribution < 1.29 is 0 Å². The van der Waals surface area contributed by atoms with E-state index in [9.17, 15) is 0 Å². The van der Waals surface area contributed by atoms with Crippen molar-refractivity contribution in [1.29, 1.82) is 0 Å². The minimum Gasteiger partial charge on any atom is -0.326 e. The molecule has 0 aliphatic rings. The van der Waals surface area contributed by atoms with Gasteiger partial charge in [0.1, 0.15) is 0 Å². The molecule has 0 atom stereocenters. The average Bonchev–Trinajstić information content (AvgIpc) is 2.45. The van der Waals surface area contributed by atoms with Gasteiger partial charge in [-0.05, 0) is 16.7 Å². The van der Waals surface area contributed by atoms with Gasteiger partial charge in [0.25, 0.3) is 0 Å². The first-order valence-corrected chi connectivity index (χ1v) is 6.08. The first-order chi connectivity index (χ1) is 8.90. The smallest absolute Gasteiger partial charge is 0.0178 e. The maximum atomic E-state index is 5.61. The van der Waals surface area contributed by atoms with Gasteiger partial charge in [0.2, 0.25) is 0 Å². The minimum absolute atomic E-state index is 0.586. The van der Waals surface area contributed by atoms with E-state index in [1.807, 2.05) is 42.5 Å². The highest BCUT2D eigenvalue weighted by Gasteiger charge is 1.94. The minimum atomic E-state index is 0.586.